The van der Waals surface area contributed by atoms with E-state index < -0.39 is 0 Å². The zero-order valence-corrected chi connectivity index (χ0v) is 13.5. The zero-order valence-electron chi connectivity index (χ0n) is 12.7. The molecule has 0 aliphatic heterocycles. The van der Waals surface area contributed by atoms with Crippen LogP contribution < -0.4 is 5.73 Å². The summed E-state index contributed by atoms with van der Waals surface area (Å²) >= 11 is 1.81. The normalized spacial score (nSPS) is 10.7. The van der Waals surface area contributed by atoms with E-state index in [1.165, 1.54) is 10.4 Å². The molecule has 0 unspecified atom stereocenters. The average molecular weight is 298 g/mol. The molecule has 2 aromatic rings. The Morgan fingerprint density at radius 2 is 1.95 bits per heavy atom. The highest BCUT2D eigenvalue weighted by molar-refractivity contribution is 7.09. The minimum atomic E-state index is 0.400. The van der Waals surface area contributed by atoms with E-state index in [2.05, 4.69) is 66.3 Å². The number of rotatable bonds is 5. The second-order valence-corrected chi connectivity index (χ2v) is 6.27. The SMILES string of the molecule is CC(C)N(Cc1cccs1)Cc1ccccc1C#CCN. The Labute approximate surface area is 131 Å². The summed E-state index contributed by atoms with van der Waals surface area (Å²) in [5, 5.41) is 2.13. The maximum absolute atomic E-state index is 5.48. The van der Waals surface area contributed by atoms with Gasteiger partial charge in [0.2, 0.25) is 0 Å². The van der Waals surface area contributed by atoms with Crippen molar-refractivity contribution in [1.29, 1.82) is 0 Å². The minimum Gasteiger partial charge on any atom is -0.320 e. The fraction of sp³-hybridized carbons (Fsp3) is 0.333. The van der Waals surface area contributed by atoms with Crippen molar-refractivity contribution in [2.24, 2.45) is 5.73 Å². The van der Waals surface area contributed by atoms with Gasteiger partial charge in [0.15, 0.2) is 0 Å². The lowest BCUT2D eigenvalue weighted by atomic mass is 10.1. The van der Waals surface area contributed by atoms with Gasteiger partial charge in [0.05, 0.1) is 6.54 Å². The third-order valence-corrected chi connectivity index (χ3v) is 4.25. The van der Waals surface area contributed by atoms with Gasteiger partial charge < -0.3 is 5.73 Å². The molecular weight excluding hydrogens is 276 g/mol. The second-order valence-electron chi connectivity index (χ2n) is 5.24. The molecule has 0 amide bonds. The van der Waals surface area contributed by atoms with Gasteiger partial charge in [0.1, 0.15) is 0 Å². The van der Waals surface area contributed by atoms with Crippen molar-refractivity contribution in [3.05, 3.63) is 57.8 Å². The van der Waals surface area contributed by atoms with Crippen LogP contribution in [0.25, 0.3) is 0 Å². The molecule has 1 heterocycles. The molecule has 0 spiro atoms. The Balaban J connectivity index is 2.17. The van der Waals surface area contributed by atoms with E-state index in [1.54, 1.807) is 0 Å². The van der Waals surface area contributed by atoms with Gasteiger partial charge in [-0.15, -0.1) is 11.3 Å². The van der Waals surface area contributed by atoms with Crippen molar-refractivity contribution in [2.75, 3.05) is 6.54 Å². The van der Waals surface area contributed by atoms with Gasteiger partial charge in [-0.1, -0.05) is 36.1 Å². The lowest BCUT2D eigenvalue weighted by Crippen LogP contribution is -2.29. The topological polar surface area (TPSA) is 29.3 Å². The molecule has 0 fully saturated rings. The van der Waals surface area contributed by atoms with Crippen molar-refractivity contribution < 1.29 is 0 Å². The molecular formula is C18H22N2S. The van der Waals surface area contributed by atoms with Crippen molar-refractivity contribution >= 4 is 11.3 Å². The first kappa shape index (κ1) is 15.8. The van der Waals surface area contributed by atoms with Crippen LogP contribution in [0.5, 0.6) is 0 Å². The molecule has 21 heavy (non-hydrogen) atoms. The van der Waals surface area contributed by atoms with Gasteiger partial charge >= 0.3 is 0 Å². The quantitative estimate of drug-likeness (QED) is 0.857. The minimum absolute atomic E-state index is 0.400. The first-order valence-corrected chi connectivity index (χ1v) is 8.12. The van der Waals surface area contributed by atoms with Gasteiger partial charge in [-0.25, -0.2) is 0 Å². The summed E-state index contributed by atoms with van der Waals surface area (Å²) in [6.45, 7) is 6.76. The lowest BCUT2D eigenvalue weighted by Gasteiger charge is -2.26. The maximum Gasteiger partial charge on any atom is 0.0555 e. The van der Waals surface area contributed by atoms with Crippen LogP contribution >= 0.6 is 11.3 Å². The Hall–Kier alpha value is -1.60. The highest BCUT2D eigenvalue weighted by Gasteiger charge is 2.13. The highest BCUT2D eigenvalue weighted by atomic mass is 32.1. The maximum atomic E-state index is 5.48. The molecule has 0 bridgehead atoms. The van der Waals surface area contributed by atoms with Crippen LogP contribution in [0.2, 0.25) is 0 Å². The average Bonchev–Trinajstić information content (AvgIpc) is 2.98. The molecule has 0 aliphatic carbocycles. The third-order valence-electron chi connectivity index (χ3n) is 3.39. The molecule has 1 aromatic heterocycles. The molecule has 2 rings (SSSR count). The number of hydrogen-bond acceptors (Lipinski definition) is 3. The van der Waals surface area contributed by atoms with E-state index in [-0.39, 0.29) is 0 Å². The summed E-state index contributed by atoms with van der Waals surface area (Å²) in [5.41, 5.74) is 7.83. The molecule has 2 N–H and O–H groups in total. The molecule has 0 saturated heterocycles. The molecule has 0 radical (unpaired) electrons. The van der Waals surface area contributed by atoms with E-state index in [1.807, 2.05) is 17.4 Å². The highest BCUT2D eigenvalue weighted by Crippen LogP contribution is 2.18. The van der Waals surface area contributed by atoms with Gasteiger partial charge in [-0.2, -0.15) is 0 Å². The van der Waals surface area contributed by atoms with Crippen molar-refractivity contribution in [3.8, 4) is 11.8 Å². The Morgan fingerprint density at radius 1 is 1.14 bits per heavy atom. The number of nitrogens with zero attached hydrogens (tertiary/aromatic N) is 1. The van der Waals surface area contributed by atoms with Gasteiger partial charge in [-0.05, 0) is 36.9 Å². The van der Waals surface area contributed by atoms with Crippen LogP contribution in [0, 0.1) is 11.8 Å². The van der Waals surface area contributed by atoms with Gasteiger partial charge in [-0.3, -0.25) is 4.90 Å². The molecule has 110 valence electrons. The molecule has 0 aliphatic rings. The lowest BCUT2D eigenvalue weighted by molar-refractivity contribution is 0.205. The zero-order chi connectivity index (χ0) is 15.1. The van der Waals surface area contributed by atoms with Crippen molar-refractivity contribution in [1.82, 2.24) is 4.90 Å². The van der Waals surface area contributed by atoms with Crippen LogP contribution in [0.1, 0.15) is 29.9 Å². The van der Waals surface area contributed by atoms with Crippen molar-refractivity contribution in [3.63, 3.8) is 0 Å². The van der Waals surface area contributed by atoms with Crippen LogP contribution in [0.3, 0.4) is 0 Å². The number of benzene rings is 1. The Morgan fingerprint density at radius 3 is 2.62 bits per heavy atom. The molecule has 0 atom stereocenters. The van der Waals surface area contributed by atoms with E-state index in [4.69, 9.17) is 5.73 Å². The molecule has 3 heteroatoms. The second kappa shape index (κ2) is 7.99. The third kappa shape index (κ3) is 4.71. The summed E-state index contributed by atoms with van der Waals surface area (Å²) in [4.78, 5) is 3.86. The van der Waals surface area contributed by atoms with Crippen LogP contribution in [-0.2, 0) is 13.1 Å². The monoisotopic (exact) mass is 298 g/mol. The van der Waals surface area contributed by atoms with Crippen molar-refractivity contribution in [2.45, 2.75) is 33.0 Å². The Bertz CT molecular complexity index is 606. The number of hydrogen-bond donors (Lipinski definition) is 1. The number of thiophene rings is 1. The van der Waals surface area contributed by atoms with Crippen LogP contribution in [0.4, 0.5) is 0 Å². The summed E-state index contributed by atoms with van der Waals surface area (Å²) in [6.07, 6.45) is 0. The summed E-state index contributed by atoms with van der Waals surface area (Å²) in [5.74, 6) is 6.13. The fourth-order valence-electron chi connectivity index (χ4n) is 2.17. The first-order valence-electron chi connectivity index (χ1n) is 7.24. The largest absolute Gasteiger partial charge is 0.320 e. The standard InChI is InChI=1S/C18H22N2S/c1-15(2)20(14-18-10-6-12-21-18)13-17-8-4-3-7-16(17)9-5-11-19/h3-4,6-8,10,12,15H,11,13-14,19H2,1-2H3. The molecule has 0 saturated carbocycles. The van der Waals surface area contributed by atoms with Crippen LogP contribution in [-0.4, -0.2) is 17.5 Å². The smallest absolute Gasteiger partial charge is 0.0555 e. The molecule has 1 aromatic carbocycles. The van der Waals surface area contributed by atoms with Gasteiger partial charge in [0, 0.05) is 29.6 Å². The predicted molar refractivity (Wildman–Crippen MR) is 91.1 cm³/mol. The Kier molecular flexibility index (Phi) is 6.01. The van der Waals surface area contributed by atoms with Crippen LogP contribution in [0.15, 0.2) is 41.8 Å². The van der Waals surface area contributed by atoms with E-state index >= 15 is 0 Å². The van der Waals surface area contributed by atoms with E-state index in [9.17, 15) is 0 Å². The summed E-state index contributed by atoms with van der Waals surface area (Å²) in [6, 6.07) is 13.1. The van der Waals surface area contributed by atoms with E-state index in [0.29, 0.717) is 12.6 Å². The first-order chi connectivity index (χ1) is 10.2. The predicted octanol–water partition coefficient (Wildman–Crippen LogP) is 3.47. The molecule has 2 nitrogen and oxygen atoms in total. The number of nitrogens with two attached hydrogens (primary N) is 1. The van der Waals surface area contributed by atoms with E-state index in [0.717, 1.165) is 18.7 Å². The fourth-order valence-corrected chi connectivity index (χ4v) is 2.90. The summed E-state index contributed by atoms with van der Waals surface area (Å²) in [7, 11) is 0. The summed E-state index contributed by atoms with van der Waals surface area (Å²) < 4.78 is 0. The van der Waals surface area contributed by atoms with Gasteiger partial charge in [0.25, 0.3) is 0 Å².